The molecule has 21 heavy (non-hydrogen) atoms. The lowest BCUT2D eigenvalue weighted by molar-refractivity contribution is 0.594. The van der Waals surface area contributed by atoms with Crippen LogP contribution in [-0.2, 0) is 15.6 Å². The van der Waals surface area contributed by atoms with Crippen molar-refractivity contribution in [1.82, 2.24) is 0 Å². The molecule has 2 rings (SSSR count). The molecule has 4 heteroatoms. The molecule has 3 nitrogen and oxygen atoms in total. The second-order valence-corrected chi connectivity index (χ2v) is 7.24. The molecular formula is C17H17NO2S. The van der Waals surface area contributed by atoms with Crippen LogP contribution in [0.25, 0.3) is 0 Å². The Morgan fingerprint density at radius 2 is 1.71 bits per heavy atom. The van der Waals surface area contributed by atoms with Crippen molar-refractivity contribution in [1.29, 1.82) is 5.26 Å². The molecule has 0 atom stereocenters. The van der Waals surface area contributed by atoms with Gasteiger partial charge in [0, 0.05) is 0 Å². The van der Waals surface area contributed by atoms with Crippen LogP contribution in [0.4, 0.5) is 0 Å². The molecule has 0 heterocycles. The Hall–Kier alpha value is -2.12. The third-order valence-electron chi connectivity index (χ3n) is 3.48. The lowest BCUT2D eigenvalue weighted by atomic mass is 10.1. The topological polar surface area (TPSA) is 57.9 Å². The molecule has 2 aromatic carbocycles. The summed E-state index contributed by atoms with van der Waals surface area (Å²) in [4.78, 5) is 0.372. The summed E-state index contributed by atoms with van der Waals surface area (Å²) in [6.45, 7) is 5.58. The van der Waals surface area contributed by atoms with Crippen LogP contribution in [0.1, 0.15) is 27.8 Å². The summed E-state index contributed by atoms with van der Waals surface area (Å²) in [5.74, 6) is -0.0472. The van der Waals surface area contributed by atoms with Crippen molar-refractivity contribution in [3.05, 3.63) is 64.2 Å². The molecule has 0 saturated carbocycles. The van der Waals surface area contributed by atoms with Gasteiger partial charge in [0.1, 0.15) is 0 Å². The number of hydrogen-bond donors (Lipinski definition) is 0. The van der Waals surface area contributed by atoms with Crippen molar-refractivity contribution < 1.29 is 8.42 Å². The molecule has 0 aliphatic rings. The first-order valence-corrected chi connectivity index (χ1v) is 8.28. The molecule has 0 aliphatic heterocycles. The van der Waals surface area contributed by atoms with E-state index in [4.69, 9.17) is 5.26 Å². The smallest absolute Gasteiger partial charge is 0.182 e. The minimum atomic E-state index is -3.39. The Morgan fingerprint density at radius 3 is 2.29 bits per heavy atom. The number of sulfone groups is 1. The van der Waals surface area contributed by atoms with Crippen LogP contribution in [-0.4, -0.2) is 8.42 Å². The van der Waals surface area contributed by atoms with E-state index in [1.165, 1.54) is 0 Å². The molecule has 0 saturated heterocycles. The Labute approximate surface area is 125 Å². The molecule has 0 spiro atoms. The van der Waals surface area contributed by atoms with Gasteiger partial charge in [0.25, 0.3) is 0 Å². The summed E-state index contributed by atoms with van der Waals surface area (Å²) in [5, 5.41) is 8.86. The monoisotopic (exact) mass is 299 g/mol. The van der Waals surface area contributed by atoms with Gasteiger partial charge in [-0.25, -0.2) is 8.42 Å². The van der Waals surface area contributed by atoms with Crippen LogP contribution in [0.3, 0.4) is 0 Å². The molecular weight excluding hydrogens is 282 g/mol. The minimum absolute atomic E-state index is 0.0472. The zero-order valence-electron chi connectivity index (χ0n) is 12.3. The third-order valence-corrected chi connectivity index (χ3v) is 5.30. The molecule has 0 fully saturated rings. The predicted molar refractivity (Wildman–Crippen MR) is 82.7 cm³/mol. The fourth-order valence-corrected chi connectivity index (χ4v) is 4.07. The van der Waals surface area contributed by atoms with Gasteiger partial charge in [-0.15, -0.1) is 0 Å². The molecule has 0 unspecified atom stereocenters. The molecule has 108 valence electrons. The highest BCUT2D eigenvalue weighted by atomic mass is 32.2. The summed E-state index contributed by atoms with van der Waals surface area (Å²) >= 11 is 0. The molecule has 0 aliphatic carbocycles. The minimum Gasteiger partial charge on any atom is -0.223 e. The van der Waals surface area contributed by atoms with E-state index < -0.39 is 9.84 Å². The largest absolute Gasteiger partial charge is 0.223 e. The molecule has 0 N–H and O–H groups in total. The Balaban J connectivity index is 2.40. The van der Waals surface area contributed by atoms with Crippen LogP contribution in [0, 0.1) is 32.1 Å². The van der Waals surface area contributed by atoms with E-state index in [0.717, 1.165) is 22.3 Å². The van der Waals surface area contributed by atoms with E-state index in [2.05, 4.69) is 6.07 Å². The zero-order chi connectivity index (χ0) is 15.6. The van der Waals surface area contributed by atoms with Gasteiger partial charge >= 0.3 is 0 Å². The van der Waals surface area contributed by atoms with Crippen LogP contribution < -0.4 is 0 Å². The van der Waals surface area contributed by atoms with E-state index in [0.29, 0.717) is 10.5 Å². The lowest BCUT2D eigenvalue weighted by Crippen LogP contribution is -2.08. The standard InChI is InChI=1S/C17H17NO2S/c1-12-4-7-17(14(3)8-12)21(19,20)11-16-6-5-15(10-18)9-13(16)2/h4-9H,11H2,1-3H3. The van der Waals surface area contributed by atoms with Crippen LogP contribution in [0.15, 0.2) is 41.3 Å². The fourth-order valence-electron chi connectivity index (χ4n) is 2.36. The third kappa shape index (κ3) is 3.32. The Kier molecular flexibility index (Phi) is 4.15. The maximum atomic E-state index is 12.6. The average Bonchev–Trinajstić information content (AvgIpc) is 2.40. The summed E-state index contributed by atoms with van der Waals surface area (Å²) in [6.07, 6.45) is 0. The summed E-state index contributed by atoms with van der Waals surface area (Å²) in [6, 6.07) is 12.5. The number of nitrogens with zero attached hydrogens (tertiary/aromatic N) is 1. The van der Waals surface area contributed by atoms with Crippen molar-refractivity contribution in [3.8, 4) is 6.07 Å². The predicted octanol–water partition coefficient (Wildman–Crippen LogP) is 3.46. The highest BCUT2D eigenvalue weighted by Gasteiger charge is 2.18. The average molecular weight is 299 g/mol. The van der Waals surface area contributed by atoms with Gasteiger partial charge in [0.15, 0.2) is 9.84 Å². The van der Waals surface area contributed by atoms with E-state index in [1.807, 2.05) is 32.9 Å². The normalized spacial score (nSPS) is 11.1. The number of rotatable bonds is 3. The summed E-state index contributed by atoms with van der Waals surface area (Å²) in [5.41, 5.74) is 3.90. The van der Waals surface area contributed by atoms with E-state index in [1.54, 1.807) is 24.3 Å². The molecule has 0 radical (unpaired) electrons. The second kappa shape index (κ2) is 5.71. The van der Waals surface area contributed by atoms with E-state index in [-0.39, 0.29) is 5.75 Å². The van der Waals surface area contributed by atoms with Crippen molar-refractivity contribution in [2.75, 3.05) is 0 Å². The Morgan fingerprint density at radius 1 is 1.00 bits per heavy atom. The van der Waals surface area contributed by atoms with Gasteiger partial charge in [0.2, 0.25) is 0 Å². The van der Waals surface area contributed by atoms with Crippen LogP contribution in [0.2, 0.25) is 0 Å². The van der Waals surface area contributed by atoms with E-state index in [9.17, 15) is 8.42 Å². The maximum Gasteiger partial charge on any atom is 0.182 e. The molecule has 0 bridgehead atoms. The van der Waals surface area contributed by atoms with Crippen LogP contribution >= 0.6 is 0 Å². The van der Waals surface area contributed by atoms with Gasteiger partial charge in [-0.05, 0) is 55.7 Å². The van der Waals surface area contributed by atoms with Crippen molar-refractivity contribution in [2.24, 2.45) is 0 Å². The van der Waals surface area contributed by atoms with Gasteiger partial charge in [0.05, 0.1) is 22.3 Å². The fraction of sp³-hybridized carbons (Fsp3) is 0.235. The first kappa shape index (κ1) is 15.3. The molecule has 0 amide bonds. The number of hydrogen-bond acceptors (Lipinski definition) is 3. The number of aryl methyl sites for hydroxylation is 3. The van der Waals surface area contributed by atoms with Crippen molar-refractivity contribution >= 4 is 9.84 Å². The first-order valence-electron chi connectivity index (χ1n) is 6.63. The maximum absolute atomic E-state index is 12.6. The van der Waals surface area contributed by atoms with Crippen molar-refractivity contribution in [3.63, 3.8) is 0 Å². The van der Waals surface area contributed by atoms with Gasteiger partial charge in [-0.2, -0.15) is 5.26 Å². The second-order valence-electron chi connectivity index (χ2n) is 5.28. The SMILES string of the molecule is Cc1ccc(S(=O)(=O)Cc2ccc(C#N)cc2C)c(C)c1. The molecule has 0 aromatic heterocycles. The zero-order valence-corrected chi connectivity index (χ0v) is 13.2. The summed E-state index contributed by atoms with van der Waals surface area (Å²) < 4.78 is 25.2. The van der Waals surface area contributed by atoms with Gasteiger partial charge < -0.3 is 0 Å². The highest BCUT2D eigenvalue weighted by molar-refractivity contribution is 7.90. The summed E-state index contributed by atoms with van der Waals surface area (Å²) in [7, 11) is -3.39. The van der Waals surface area contributed by atoms with Crippen molar-refractivity contribution in [2.45, 2.75) is 31.4 Å². The lowest BCUT2D eigenvalue weighted by Gasteiger charge is -2.10. The first-order chi connectivity index (χ1) is 9.83. The quantitative estimate of drug-likeness (QED) is 0.872. The number of benzene rings is 2. The van der Waals surface area contributed by atoms with Gasteiger partial charge in [-0.1, -0.05) is 23.8 Å². The van der Waals surface area contributed by atoms with Crippen LogP contribution in [0.5, 0.6) is 0 Å². The Bertz CT molecular complexity index is 830. The van der Waals surface area contributed by atoms with E-state index >= 15 is 0 Å². The number of nitriles is 1. The van der Waals surface area contributed by atoms with Gasteiger partial charge in [-0.3, -0.25) is 0 Å². The molecule has 2 aromatic rings. The highest BCUT2D eigenvalue weighted by Crippen LogP contribution is 2.23.